The highest BCUT2D eigenvalue weighted by Gasteiger charge is 2.36. The molecule has 2 aliphatic rings. The Bertz CT molecular complexity index is 2940. The minimum atomic E-state index is -0.122. The van der Waals surface area contributed by atoms with E-state index in [1.807, 2.05) is 18.2 Å². The zero-order valence-corrected chi connectivity index (χ0v) is 31.9. The van der Waals surface area contributed by atoms with Crippen molar-refractivity contribution in [1.82, 2.24) is 0 Å². The summed E-state index contributed by atoms with van der Waals surface area (Å²) >= 11 is 1.73. The van der Waals surface area contributed by atoms with Gasteiger partial charge in [0, 0.05) is 38.8 Å². The molecule has 0 amide bonds. The van der Waals surface area contributed by atoms with Gasteiger partial charge in [0.15, 0.2) is 11.5 Å². The SMILES string of the molecule is CC1(C)c2ccccc2-c2ccc(N(c3ccc(-c4sc(-c5ccccc5)c5c4OCCO5)cc3)c3ccc(-c4cccc5c4oc4ccccc45)cc3)cc21. The summed E-state index contributed by atoms with van der Waals surface area (Å²) in [6, 6.07) is 58.7. The van der Waals surface area contributed by atoms with Crippen LogP contribution in [0.5, 0.6) is 11.5 Å². The van der Waals surface area contributed by atoms with Gasteiger partial charge in [-0.3, -0.25) is 0 Å². The van der Waals surface area contributed by atoms with Crippen molar-refractivity contribution in [2.45, 2.75) is 19.3 Å². The first-order valence-corrected chi connectivity index (χ1v) is 20.0. The fourth-order valence-corrected chi connectivity index (χ4v) is 9.93. The fourth-order valence-electron chi connectivity index (χ4n) is 8.73. The third kappa shape index (κ3) is 5.11. The van der Waals surface area contributed by atoms with E-state index >= 15 is 0 Å². The number of anilines is 3. The van der Waals surface area contributed by atoms with Gasteiger partial charge in [0.1, 0.15) is 24.4 Å². The van der Waals surface area contributed by atoms with E-state index in [4.69, 9.17) is 13.9 Å². The van der Waals surface area contributed by atoms with Crippen LogP contribution < -0.4 is 14.4 Å². The number of furan rings is 1. The normalized spacial score (nSPS) is 13.8. The number of hydrogen-bond donors (Lipinski definition) is 0. The molecule has 9 aromatic rings. The number of thiophene rings is 1. The molecule has 5 heteroatoms. The number of para-hydroxylation sites is 2. The third-order valence-corrected chi connectivity index (χ3v) is 12.7. The van der Waals surface area contributed by atoms with E-state index in [2.05, 4.69) is 164 Å². The monoisotopic (exact) mass is 743 g/mol. The molecule has 270 valence electrons. The molecule has 0 saturated heterocycles. The summed E-state index contributed by atoms with van der Waals surface area (Å²) in [5.41, 5.74) is 14.7. The number of rotatable bonds is 6. The van der Waals surface area contributed by atoms with E-state index in [0.29, 0.717) is 13.2 Å². The summed E-state index contributed by atoms with van der Waals surface area (Å²) in [5, 5.41) is 2.27. The minimum Gasteiger partial charge on any atom is -0.485 e. The van der Waals surface area contributed by atoms with Crippen molar-refractivity contribution in [3.63, 3.8) is 0 Å². The van der Waals surface area contributed by atoms with Crippen LogP contribution in [0.15, 0.2) is 168 Å². The van der Waals surface area contributed by atoms with E-state index < -0.39 is 0 Å². The van der Waals surface area contributed by atoms with Crippen molar-refractivity contribution in [2.24, 2.45) is 0 Å². The first-order valence-electron chi connectivity index (χ1n) is 19.2. The Morgan fingerprint density at radius 1 is 0.482 bits per heavy atom. The van der Waals surface area contributed by atoms with Crippen molar-refractivity contribution in [3.05, 3.63) is 175 Å². The average molecular weight is 744 g/mol. The van der Waals surface area contributed by atoms with Crippen LogP contribution in [0.25, 0.3) is 65.1 Å². The van der Waals surface area contributed by atoms with Crippen LogP contribution in [0.2, 0.25) is 0 Å². The second kappa shape index (κ2) is 12.8. The Balaban J connectivity index is 1.02. The Morgan fingerprint density at radius 3 is 1.80 bits per heavy atom. The third-order valence-electron chi connectivity index (χ3n) is 11.5. The van der Waals surface area contributed by atoms with Crippen molar-refractivity contribution >= 4 is 50.3 Å². The lowest BCUT2D eigenvalue weighted by molar-refractivity contribution is 0.175. The summed E-state index contributed by atoms with van der Waals surface area (Å²) < 4.78 is 18.9. The molecular weight excluding hydrogens is 707 g/mol. The maximum atomic E-state index is 6.43. The van der Waals surface area contributed by atoms with E-state index in [0.717, 1.165) is 82.5 Å². The topological polar surface area (TPSA) is 34.8 Å². The van der Waals surface area contributed by atoms with Crippen LogP contribution in [-0.4, -0.2) is 13.2 Å². The summed E-state index contributed by atoms with van der Waals surface area (Å²) in [6.07, 6.45) is 0. The zero-order valence-electron chi connectivity index (χ0n) is 31.1. The van der Waals surface area contributed by atoms with Gasteiger partial charge in [-0.1, -0.05) is 135 Å². The maximum absolute atomic E-state index is 6.43. The van der Waals surface area contributed by atoms with Gasteiger partial charge in [0.05, 0.1) is 9.75 Å². The zero-order chi connectivity index (χ0) is 37.4. The molecule has 11 rings (SSSR count). The van der Waals surface area contributed by atoms with E-state index in [1.165, 1.54) is 22.3 Å². The number of benzene rings is 7. The molecule has 0 radical (unpaired) electrons. The van der Waals surface area contributed by atoms with Crippen LogP contribution in [0.4, 0.5) is 17.1 Å². The molecule has 1 aliphatic heterocycles. The summed E-state index contributed by atoms with van der Waals surface area (Å²) in [6.45, 7) is 5.76. The van der Waals surface area contributed by atoms with E-state index in [9.17, 15) is 0 Å². The number of hydrogen-bond acceptors (Lipinski definition) is 5. The highest BCUT2D eigenvalue weighted by molar-refractivity contribution is 7.19. The number of ether oxygens (including phenoxy) is 2. The average Bonchev–Trinajstić information content (AvgIpc) is 3.90. The first-order chi connectivity index (χ1) is 27.5. The van der Waals surface area contributed by atoms with Gasteiger partial charge in [0.25, 0.3) is 0 Å². The quantitative estimate of drug-likeness (QED) is 0.170. The van der Waals surface area contributed by atoms with Crippen molar-refractivity contribution < 1.29 is 13.9 Å². The van der Waals surface area contributed by atoms with Crippen molar-refractivity contribution in [3.8, 4) is 54.6 Å². The van der Waals surface area contributed by atoms with Gasteiger partial charge in [-0.25, -0.2) is 0 Å². The first kappa shape index (κ1) is 32.8. The standard InChI is InChI=1S/C51H37NO3S/c1-51(2)43-17-8-6-13-39(43)40-28-27-37(31-44(40)51)52(35-23-19-32(20-24-35)38-15-10-16-42-41-14-7-9-18-45(41)55-46(38)42)36-25-21-34(22-26-36)50-48-47(53-29-30-54-48)49(56-50)33-11-4-3-5-12-33/h3-28,31H,29-30H2,1-2H3. The second-order valence-electron chi connectivity index (χ2n) is 15.1. The lowest BCUT2D eigenvalue weighted by Gasteiger charge is -2.28. The molecular formula is C51H37NO3S. The molecule has 1 aliphatic carbocycles. The molecule has 0 bridgehead atoms. The van der Waals surface area contributed by atoms with E-state index in [1.54, 1.807) is 11.3 Å². The molecule has 4 nitrogen and oxygen atoms in total. The minimum absolute atomic E-state index is 0.122. The van der Waals surface area contributed by atoms with Gasteiger partial charge >= 0.3 is 0 Å². The molecule has 56 heavy (non-hydrogen) atoms. The van der Waals surface area contributed by atoms with Crippen LogP contribution in [0, 0.1) is 0 Å². The Kier molecular flexibility index (Phi) is 7.48. The molecule has 0 spiro atoms. The predicted octanol–water partition coefficient (Wildman–Crippen LogP) is 14.2. The Morgan fingerprint density at radius 2 is 1.05 bits per heavy atom. The van der Waals surface area contributed by atoms with Gasteiger partial charge in [-0.2, -0.15) is 0 Å². The largest absolute Gasteiger partial charge is 0.485 e. The summed E-state index contributed by atoms with van der Waals surface area (Å²) in [7, 11) is 0. The van der Waals surface area contributed by atoms with Gasteiger partial charge in [0.2, 0.25) is 0 Å². The smallest absolute Gasteiger partial charge is 0.180 e. The number of nitrogens with zero attached hydrogens (tertiary/aromatic N) is 1. The molecule has 2 aromatic heterocycles. The van der Waals surface area contributed by atoms with Gasteiger partial charge < -0.3 is 18.8 Å². The molecule has 0 fully saturated rings. The molecule has 0 N–H and O–H groups in total. The molecule has 7 aromatic carbocycles. The molecule has 3 heterocycles. The van der Waals surface area contributed by atoms with Crippen LogP contribution in [0.3, 0.4) is 0 Å². The second-order valence-corrected chi connectivity index (χ2v) is 16.1. The molecule has 0 atom stereocenters. The predicted molar refractivity (Wildman–Crippen MR) is 231 cm³/mol. The maximum Gasteiger partial charge on any atom is 0.180 e. The number of fused-ring (bicyclic) bond motifs is 7. The van der Waals surface area contributed by atoms with Crippen molar-refractivity contribution in [1.29, 1.82) is 0 Å². The fraction of sp³-hybridized carbons (Fsp3) is 0.0980. The summed E-state index contributed by atoms with van der Waals surface area (Å²) in [4.78, 5) is 4.55. The molecule has 0 saturated carbocycles. The Hall–Kier alpha value is -6.56. The highest BCUT2D eigenvalue weighted by atomic mass is 32.1. The highest BCUT2D eigenvalue weighted by Crippen LogP contribution is 2.54. The molecule has 0 unspecified atom stereocenters. The lowest BCUT2D eigenvalue weighted by atomic mass is 9.82. The van der Waals surface area contributed by atoms with Crippen LogP contribution in [-0.2, 0) is 5.41 Å². The van der Waals surface area contributed by atoms with Gasteiger partial charge in [-0.15, -0.1) is 11.3 Å². The summed E-state index contributed by atoms with van der Waals surface area (Å²) in [5.74, 6) is 1.67. The van der Waals surface area contributed by atoms with Crippen molar-refractivity contribution in [2.75, 3.05) is 18.1 Å². The van der Waals surface area contributed by atoms with E-state index in [-0.39, 0.29) is 5.41 Å². The van der Waals surface area contributed by atoms with Crippen LogP contribution in [0.1, 0.15) is 25.0 Å². The van der Waals surface area contributed by atoms with Crippen LogP contribution >= 0.6 is 11.3 Å². The van der Waals surface area contributed by atoms with Gasteiger partial charge in [-0.05, 0) is 81.4 Å². The Labute approximate surface area is 329 Å². The lowest BCUT2D eigenvalue weighted by Crippen LogP contribution is -2.16.